The van der Waals surface area contributed by atoms with Crippen molar-refractivity contribution < 1.29 is 30.0 Å². The zero-order valence-corrected chi connectivity index (χ0v) is 34.4. The molecule has 0 atom stereocenters. The summed E-state index contributed by atoms with van der Waals surface area (Å²) in [5, 5.41) is 11.4. The Hall–Kier alpha value is -2.53. The van der Waals surface area contributed by atoms with Crippen molar-refractivity contribution in [3.05, 3.63) is 95.8 Å². The van der Waals surface area contributed by atoms with Crippen LogP contribution in [-0.4, -0.2) is 29.1 Å². The molecular formula is C41H54GeIrNO2-. The van der Waals surface area contributed by atoms with Crippen molar-refractivity contribution in [2.45, 2.75) is 98.3 Å². The summed E-state index contributed by atoms with van der Waals surface area (Å²) >= 11 is -1.93. The molecule has 0 amide bonds. The number of hydrogen-bond donors (Lipinski definition) is 1. The number of pyridine rings is 1. The van der Waals surface area contributed by atoms with Crippen molar-refractivity contribution in [1.29, 1.82) is 0 Å². The normalized spacial score (nSPS) is 12.3. The molecule has 5 heteroatoms. The molecule has 1 aromatic heterocycles. The van der Waals surface area contributed by atoms with Gasteiger partial charge in [-0.2, -0.15) is 0 Å². The standard InChI is InChI=1S/C26H26GeN.C15H28O2.Ir/c1-18-13-19(2)15-21(14-18)26-17-23(20-9-7-6-8-10-20)24-16-22(27(3,4)5)11-12-25(24)28-26;1-7-14(5,8-2)12(16)11-13(17)15(6,9-3)10-4;/h6-14,16-17H,1-5H3;11,16H,7-10H2,1-6H3;/q-1;;/b;12-11-;. The molecule has 1 heterocycles. The second kappa shape index (κ2) is 16.5. The summed E-state index contributed by atoms with van der Waals surface area (Å²) in [5.41, 5.74) is 7.38. The van der Waals surface area contributed by atoms with Crippen molar-refractivity contribution in [3.8, 4) is 22.4 Å². The van der Waals surface area contributed by atoms with Crippen molar-refractivity contribution in [2.24, 2.45) is 10.8 Å². The molecule has 0 aliphatic carbocycles. The topological polar surface area (TPSA) is 50.2 Å². The Morgan fingerprint density at radius 2 is 1.43 bits per heavy atom. The van der Waals surface area contributed by atoms with Crippen molar-refractivity contribution in [1.82, 2.24) is 4.98 Å². The predicted molar refractivity (Wildman–Crippen MR) is 197 cm³/mol. The smallest absolute Gasteiger partial charge is 0 e. The fourth-order valence-corrected chi connectivity index (χ4v) is 7.84. The van der Waals surface area contributed by atoms with Gasteiger partial charge in [0.1, 0.15) is 5.76 Å². The van der Waals surface area contributed by atoms with Gasteiger partial charge in [0.15, 0.2) is 5.78 Å². The number of aromatic nitrogens is 1. The molecule has 46 heavy (non-hydrogen) atoms. The Kier molecular flexibility index (Phi) is 14.3. The van der Waals surface area contributed by atoms with E-state index in [0.29, 0.717) is 0 Å². The fraction of sp³-hybridized carbons (Fsp3) is 0.415. The summed E-state index contributed by atoms with van der Waals surface area (Å²) in [6, 6.07) is 27.6. The van der Waals surface area contributed by atoms with Crippen LogP contribution in [0.1, 0.15) is 78.4 Å². The number of allylic oxidation sites excluding steroid dienone is 2. The van der Waals surface area contributed by atoms with Crippen LogP contribution in [0.25, 0.3) is 33.3 Å². The second-order valence-electron chi connectivity index (χ2n) is 14.1. The monoisotopic (exact) mass is 859 g/mol. The Labute approximate surface area is 295 Å². The number of aliphatic hydroxyl groups excluding tert-OH is 1. The summed E-state index contributed by atoms with van der Waals surface area (Å²) in [6.45, 7) is 16.3. The number of ketones is 1. The van der Waals surface area contributed by atoms with Crippen LogP contribution in [0.15, 0.2) is 78.6 Å². The van der Waals surface area contributed by atoms with Gasteiger partial charge in [-0.1, -0.05) is 41.5 Å². The van der Waals surface area contributed by atoms with Gasteiger partial charge < -0.3 is 5.11 Å². The van der Waals surface area contributed by atoms with Gasteiger partial charge in [0.25, 0.3) is 0 Å². The van der Waals surface area contributed by atoms with Crippen molar-refractivity contribution >= 4 is 34.3 Å². The third-order valence-corrected chi connectivity index (χ3v) is 14.1. The van der Waals surface area contributed by atoms with Gasteiger partial charge in [-0.05, 0) is 25.7 Å². The largest absolute Gasteiger partial charge is 0 e. The molecule has 0 spiro atoms. The number of rotatable bonds is 10. The maximum atomic E-state index is 12.2. The van der Waals surface area contributed by atoms with E-state index in [-0.39, 0.29) is 42.5 Å². The number of aryl methyl sites for hydroxylation is 2. The number of carbonyl (C=O) groups excluding carboxylic acids is 1. The minimum absolute atomic E-state index is 0. The van der Waals surface area contributed by atoms with Gasteiger partial charge >= 0.3 is 171 Å². The summed E-state index contributed by atoms with van der Waals surface area (Å²) in [4.78, 5) is 17.2. The van der Waals surface area contributed by atoms with E-state index >= 15 is 0 Å². The number of hydrogen-bond acceptors (Lipinski definition) is 3. The van der Waals surface area contributed by atoms with Crippen LogP contribution in [0.2, 0.25) is 17.3 Å². The number of aliphatic hydroxyl groups is 1. The molecule has 0 saturated heterocycles. The first-order valence-electron chi connectivity index (χ1n) is 16.6. The first-order chi connectivity index (χ1) is 21.1. The minimum Gasteiger partial charge on any atom is 0 e. The average Bonchev–Trinajstić information content (AvgIpc) is 3.02. The fourth-order valence-electron chi connectivity index (χ4n) is 5.40. The summed E-state index contributed by atoms with van der Waals surface area (Å²) in [5.74, 6) is 7.61. The van der Waals surface area contributed by atoms with Crippen molar-refractivity contribution in [3.63, 3.8) is 0 Å². The van der Waals surface area contributed by atoms with Gasteiger partial charge in [0.05, 0.1) is 0 Å². The third kappa shape index (κ3) is 9.52. The van der Waals surface area contributed by atoms with Crippen molar-refractivity contribution in [2.75, 3.05) is 0 Å². The van der Waals surface area contributed by atoms with Gasteiger partial charge in [-0.15, -0.1) is 0 Å². The summed E-state index contributed by atoms with van der Waals surface area (Å²) < 4.78 is 1.51. The molecule has 0 bridgehead atoms. The van der Waals surface area contributed by atoms with Gasteiger partial charge in [-0.3, -0.25) is 4.79 Å². The molecule has 1 N–H and O–H groups in total. The Morgan fingerprint density at radius 1 is 0.848 bits per heavy atom. The summed E-state index contributed by atoms with van der Waals surface area (Å²) in [6.07, 6.45) is 4.75. The first-order valence-corrected chi connectivity index (χ1v) is 23.9. The molecule has 0 unspecified atom stereocenters. The molecule has 0 saturated carbocycles. The van der Waals surface area contributed by atoms with Gasteiger partial charge in [0.2, 0.25) is 0 Å². The summed E-state index contributed by atoms with van der Waals surface area (Å²) in [7, 11) is 0. The number of benzene rings is 3. The van der Waals surface area contributed by atoms with Gasteiger partial charge in [0, 0.05) is 37.0 Å². The Balaban J connectivity index is 0.000000356. The van der Waals surface area contributed by atoms with Crippen LogP contribution in [-0.2, 0) is 24.9 Å². The number of nitrogens with zero attached hydrogens (tertiary/aromatic N) is 1. The minimum atomic E-state index is -1.93. The zero-order valence-electron chi connectivity index (χ0n) is 29.9. The zero-order chi connectivity index (χ0) is 33.6. The maximum Gasteiger partial charge on any atom is 0 e. The van der Waals surface area contributed by atoms with Crippen LogP contribution >= 0.6 is 0 Å². The van der Waals surface area contributed by atoms with E-state index in [0.717, 1.165) is 48.0 Å². The average molecular weight is 858 g/mol. The molecule has 0 aliphatic heterocycles. The van der Waals surface area contributed by atoms with Crippen LogP contribution in [0.3, 0.4) is 0 Å². The molecule has 0 fully saturated rings. The molecule has 4 aromatic rings. The molecule has 4 rings (SSSR count). The van der Waals surface area contributed by atoms with E-state index in [1.54, 1.807) is 0 Å². The van der Waals surface area contributed by atoms with Crippen LogP contribution in [0.4, 0.5) is 0 Å². The van der Waals surface area contributed by atoms with Gasteiger partial charge in [-0.25, -0.2) is 0 Å². The SMILES string of the molecule is CCC(C)(CC)C(=O)/C=C(\O)C(C)(CC)CC.Cc1[c-]c(-c2cc(-c3ccccc3)c3c[c]([Ge]([CH3])([CH3])[CH3])ccc3n2)cc(C)c1.[Ir]. The Bertz CT molecular complexity index is 1620. The second-order valence-corrected chi connectivity index (χ2v) is 24.7. The van der Waals surface area contributed by atoms with E-state index in [1.807, 2.05) is 41.5 Å². The number of fused-ring (bicyclic) bond motifs is 1. The van der Waals surface area contributed by atoms with E-state index in [4.69, 9.17) is 4.98 Å². The molecular weight excluding hydrogens is 803 g/mol. The first kappa shape index (κ1) is 39.7. The van der Waals surface area contributed by atoms with E-state index < -0.39 is 13.3 Å². The molecule has 0 aliphatic rings. The van der Waals surface area contributed by atoms with E-state index in [2.05, 4.69) is 104 Å². The van der Waals surface area contributed by atoms with Crippen LogP contribution in [0, 0.1) is 30.7 Å². The van der Waals surface area contributed by atoms with Crippen LogP contribution in [0.5, 0.6) is 0 Å². The quantitative estimate of drug-likeness (QED) is 0.0748. The van der Waals surface area contributed by atoms with E-state index in [9.17, 15) is 9.90 Å². The Morgan fingerprint density at radius 3 is 1.96 bits per heavy atom. The number of carbonyl (C=O) groups is 1. The molecule has 3 aromatic carbocycles. The molecule has 249 valence electrons. The maximum absolute atomic E-state index is 12.2. The van der Waals surface area contributed by atoms with Crippen LogP contribution < -0.4 is 4.40 Å². The predicted octanol–water partition coefficient (Wildman–Crippen LogP) is 11.2. The molecule has 1 radical (unpaired) electrons. The van der Waals surface area contributed by atoms with E-state index in [1.165, 1.54) is 32.5 Å². The molecule has 3 nitrogen and oxygen atoms in total. The third-order valence-electron chi connectivity index (χ3n) is 9.79.